The molecule has 6 heteroatoms. The van der Waals surface area contributed by atoms with Crippen LogP contribution in [-0.4, -0.2) is 20.0 Å². The summed E-state index contributed by atoms with van der Waals surface area (Å²) in [6, 6.07) is 7.62. The lowest BCUT2D eigenvalue weighted by Crippen LogP contribution is -1.98. The molecule has 5 nitrogen and oxygen atoms in total. The van der Waals surface area contributed by atoms with E-state index in [-0.39, 0.29) is 0 Å². The van der Waals surface area contributed by atoms with Crippen molar-refractivity contribution in [3.05, 3.63) is 52.6 Å². The molecule has 0 saturated heterocycles. The van der Waals surface area contributed by atoms with Gasteiger partial charge in [-0.1, -0.05) is 23.7 Å². The summed E-state index contributed by atoms with van der Waals surface area (Å²) in [4.78, 5) is 0. The first-order valence-corrected chi connectivity index (χ1v) is 7.14. The molecular formula is C15H15ClN4O. The van der Waals surface area contributed by atoms with E-state index in [0.717, 1.165) is 23.4 Å². The van der Waals surface area contributed by atoms with Gasteiger partial charge < -0.3 is 4.42 Å². The van der Waals surface area contributed by atoms with Crippen LogP contribution in [0.2, 0.25) is 5.02 Å². The minimum absolute atomic E-state index is 0.504. The smallest absolute Gasteiger partial charge is 0.251 e. The Morgan fingerprint density at radius 2 is 2.14 bits per heavy atom. The van der Waals surface area contributed by atoms with Crippen LogP contribution in [0.1, 0.15) is 24.1 Å². The van der Waals surface area contributed by atoms with Crippen LogP contribution in [0.25, 0.3) is 11.5 Å². The Bertz CT molecular complexity index is 763. The van der Waals surface area contributed by atoms with Crippen molar-refractivity contribution in [2.45, 2.75) is 26.8 Å². The third-order valence-corrected chi connectivity index (χ3v) is 3.58. The highest BCUT2D eigenvalue weighted by atomic mass is 35.5. The molecule has 0 atom stereocenters. The van der Waals surface area contributed by atoms with Gasteiger partial charge in [0.25, 0.3) is 5.89 Å². The quantitative estimate of drug-likeness (QED) is 0.740. The number of hydrogen-bond donors (Lipinski definition) is 0. The summed E-state index contributed by atoms with van der Waals surface area (Å²) in [6.45, 7) is 4.85. The first-order chi connectivity index (χ1) is 10.2. The zero-order valence-electron chi connectivity index (χ0n) is 11.9. The molecule has 3 aromatic rings. The number of hydrogen-bond acceptors (Lipinski definition) is 4. The molecule has 0 aliphatic carbocycles. The molecule has 0 radical (unpaired) electrons. The van der Waals surface area contributed by atoms with Gasteiger partial charge in [-0.25, -0.2) is 0 Å². The molecule has 0 amide bonds. The second kappa shape index (κ2) is 5.69. The Kier molecular flexibility index (Phi) is 3.75. The van der Waals surface area contributed by atoms with Gasteiger partial charge in [0.2, 0.25) is 5.89 Å². The van der Waals surface area contributed by atoms with Gasteiger partial charge >= 0.3 is 0 Å². The topological polar surface area (TPSA) is 56.7 Å². The first kappa shape index (κ1) is 13.8. The lowest BCUT2D eigenvalue weighted by atomic mass is 10.1. The zero-order valence-corrected chi connectivity index (χ0v) is 12.6. The second-order valence-electron chi connectivity index (χ2n) is 4.77. The molecule has 0 saturated carbocycles. The van der Waals surface area contributed by atoms with Crippen molar-refractivity contribution in [3.63, 3.8) is 0 Å². The minimum atomic E-state index is 0.504. The van der Waals surface area contributed by atoms with Crippen LogP contribution in [-0.2, 0) is 13.0 Å². The molecule has 0 bridgehead atoms. The molecule has 1 aromatic carbocycles. The van der Waals surface area contributed by atoms with Gasteiger partial charge in [-0.15, -0.1) is 10.2 Å². The second-order valence-corrected chi connectivity index (χ2v) is 5.20. The molecule has 0 spiro atoms. The Balaban J connectivity index is 1.84. The van der Waals surface area contributed by atoms with E-state index < -0.39 is 0 Å². The largest absolute Gasteiger partial charge is 0.420 e. The van der Waals surface area contributed by atoms with E-state index in [1.54, 1.807) is 6.20 Å². The molecular weight excluding hydrogens is 288 g/mol. The Hall–Kier alpha value is -2.14. The number of benzene rings is 1. The molecule has 2 heterocycles. The third-order valence-electron chi connectivity index (χ3n) is 3.34. The fourth-order valence-electron chi connectivity index (χ4n) is 2.23. The molecule has 0 aliphatic rings. The van der Waals surface area contributed by atoms with Gasteiger partial charge in [-0.3, -0.25) is 4.68 Å². The van der Waals surface area contributed by atoms with Crippen molar-refractivity contribution >= 4 is 11.6 Å². The molecule has 0 unspecified atom stereocenters. The van der Waals surface area contributed by atoms with E-state index in [2.05, 4.69) is 15.3 Å². The van der Waals surface area contributed by atoms with Gasteiger partial charge in [-0.05, 0) is 31.5 Å². The van der Waals surface area contributed by atoms with Crippen LogP contribution in [0, 0.1) is 6.92 Å². The van der Waals surface area contributed by atoms with Crippen LogP contribution in [0.4, 0.5) is 0 Å². The van der Waals surface area contributed by atoms with Gasteiger partial charge in [0, 0.05) is 17.3 Å². The molecule has 0 fully saturated rings. The fourth-order valence-corrected chi connectivity index (χ4v) is 2.44. The molecule has 21 heavy (non-hydrogen) atoms. The Morgan fingerprint density at radius 1 is 1.29 bits per heavy atom. The average molecular weight is 303 g/mol. The lowest BCUT2D eigenvalue weighted by Gasteiger charge is -1.99. The summed E-state index contributed by atoms with van der Waals surface area (Å²) in [5, 5.41) is 13.2. The highest BCUT2D eigenvalue weighted by molar-refractivity contribution is 6.30. The Morgan fingerprint density at radius 3 is 2.86 bits per heavy atom. The Labute approximate surface area is 127 Å². The van der Waals surface area contributed by atoms with Crippen molar-refractivity contribution in [1.82, 2.24) is 20.0 Å². The fraction of sp³-hybridized carbons (Fsp3) is 0.267. The summed E-state index contributed by atoms with van der Waals surface area (Å²) >= 11 is 5.97. The number of rotatable bonds is 4. The average Bonchev–Trinajstić information content (AvgIpc) is 3.05. The standard InChI is InChI=1S/C15H15ClN4O/c1-3-20-10(2)13(9-17-20)15-19-18-14(21-15)8-11-5-4-6-12(16)7-11/h4-7,9H,3,8H2,1-2H3. The summed E-state index contributed by atoms with van der Waals surface area (Å²) in [7, 11) is 0. The number of halogens is 1. The van der Waals surface area contributed by atoms with Crippen molar-refractivity contribution < 1.29 is 4.42 Å². The highest BCUT2D eigenvalue weighted by Gasteiger charge is 2.14. The summed E-state index contributed by atoms with van der Waals surface area (Å²) in [6.07, 6.45) is 2.32. The number of aryl methyl sites for hydroxylation is 1. The lowest BCUT2D eigenvalue weighted by molar-refractivity contribution is 0.517. The van der Waals surface area contributed by atoms with Gasteiger partial charge in [0.05, 0.1) is 18.2 Å². The normalized spacial score (nSPS) is 11.0. The van der Waals surface area contributed by atoms with Gasteiger partial charge in [0.15, 0.2) is 0 Å². The summed E-state index contributed by atoms with van der Waals surface area (Å²) < 4.78 is 7.63. The minimum Gasteiger partial charge on any atom is -0.420 e. The van der Waals surface area contributed by atoms with Crippen molar-refractivity contribution in [3.8, 4) is 11.5 Å². The van der Waals surface area contributed by atoms with Crippen molar-refractivity contribution in [2.24, 2.45) is 0 Å². The van der Waals surface area contributed by atoms with Gasteiger partial charge in [0.1, 0.15) is 0 Å². The molecule has 0 aliphatic heterocycles. The maximum atomic E-state index is 5.97. The van der Waals surface area contributed by atoms with Crippen LogP contribution in [0.15, 0.2) is 34.9 Å². The summed E-state index contributed by atoms with van der Waals surface area (Å²) in [5.74, 6) is 1.07. The number of nitrogens with zero attached hydrogens (tertiary/aromatic N) is 4. The third kappa shape index (κ3) is 2.83. The van der Waals surface area contributed by atoms with Crippen molar-refractivity contribution in [2.75, 3.05) is 0 Å². The zero-order chi connectivity index (χ0) is 14.8. The SMILES string of the molecule is CCn1ncc(-c2nnc(Cc3cccc(Cl)c3)o2)c1C. The van der Waals surface area contributed by atoms with E-state index >= 15 is 0 Å². The maximum Gasteiger partial charge on any atom is 0.251 e. The van der Waals surface area contributed by atoms with E-state index in [0.29, 0.717) is 23.2 Å². The van der Waals surface area contributed by atoms with E-state index in [9.17, 15) is 0 Å². The van der Waals surface area contributed by atoms with Crippen LogP contribution in [0.3, 0.4) is 0 Å². The monoisotopic (exact) mass is 302 g/mol. The molecule has 0 N–H and O–H groups in total. The summed E-state index contributed by atoms with van der Waals surface area (Å²) in [5.41, 5.74) is 2.94. The predicted molar refractivity (Wildman–Crippen MR) is 80.2 cm³/mol. The van der Waals surface area contributed by atoms with E-state index in [1.165, 1.54) is 0 Å². The highest BCUT2D eigenvalue weighted by Crippen LogP contribution is 2.23. The molecule has 3 rings (SSSR count). The van der Waals surface area contributed by atoms with E-state index in [1.807, 2.05) is 42.8 Å². The molecule has 108 valence electrons. The van der Waals surface area contributed by atoms with Crippen LogP contribution < -0.4 is 0 Å². The van der Waals surface area contributed by atoms with Crippen LogP contribution >= 0.6 is 11.6 Å². The predicted octanol–water partition coefficient (Wildman–Crippen LogP) is 3.51. The van der Waals surface area contributed by atoms with Gasteiger partial charge in [-0.2, -0.15) is 5.10 Å². The maximum absolute atomic E-state index is 5.97. The molecule has 2 aromatic heterocycles. The number of aromatic nitrogens is 4. The van der Waals surface area contributed by atoms with Crippen molar-refractivity contribution in [1.29, 1.82) is 0 Å². The first-order valence-electron chi connectivity index (χ1n) is 6.77. The van der Waals surface area contributed by atoms with Crippen LogP contribution in [0.5, 0.6) is 0 Å². The van der Waals surface area contributed by atoms with E-state index in [4.69, 9.17) is 16.0 Å².